The molecule has 0 radical (unpaired) electrons. The van der Waals surface area contributed by atoms with Crippen LogP contribution < -0.4 is 4.74 Å². The first-order chi connectivity index (χ1) is 9.47. The largest absolute Gasteiger partial charge is 0.479 e. The smallest absolute Gasteiger partial charge is 0.341 e. The SMILES string of the molecule is CC(C)c1cc(OCC(=O)O)nn1-c1cccc(Br)c1. The van der Waals surface area contributed by atoms with E-state index in [4.69, 9.17) is 9.84 Å². The van der Waals surface area contributed by atoms with Crippen LogP contribution in [-0.2, 0) is 4.79 Å². The van der Waals surface area contributed by atoms with Crippen molar-refractivity contribution in [1.29, 1.82) is 0 Å². The molecule has 0 unspecified atom stereocenters. The standard InChI is InChI=1S/C14H15BrN2O3/c1-9(2)12-7-13(20-8-14(18)19)16-17(12)11-5-3-4-10(15)6-11/h3-7,9H,8H2,1-2H3,(H,18,19). The topological polar surface area (TPSA) is 64.3 Å². The Morgan fingerprint density at radius 3 is 2.80 bits per heavy atom. The molecule has 0 aliphatic heterocycles. The number of carboxylic acid groups (broad SMARTS) is 1. The third-order valence-corrected chi connectivity index (χ3v) is 3.20. The summed E-state index contributed by atoms with van der Waals surface area (Å²) >= 11 is 3.43. The summed E-state index contributed by atoms with van der Waals surface area (Å²) < 4.78 is 7.87. The quantitative estimate of drug-likeness (QED) is 0.908. The minimum absolute atomic E-state index is 0.239. The fourth-order valence-corrected chi connectivity index (χ4v) is 2.19. The van der Waals surface area contributed by atoms with Crippen molar-refractivity contribution in [3.05, 3.63) is 40.5 Å². The molecular weight excluding hydrogens is 324 g/mol. The maximum absolute atomic E-state index is 10.5. The third kappa shape index (κ3) is 3.39. The number of benzene rings is 1. The number of ether oxygens (including phenoxy) is 1. The van der Waals surface area contributed by atoms with Gasteiger partial charge < -0.3 is 9.84 Å². The van der Waals surface area contributed by atoms with Gasteiger partial charge in [-0.2, -0.15) is 0 Å². The molecule has 0 atom stereocenters. The molecule has 1 N–H and O–H groups in total. The Morgan fingerprint density at radius 1 is 1.45 bits per heavy atom. The number of halogens is 1. The summed E-state index contributed by atoms with van der Waals surface area (Å²) in [5.74, 6) is -0.465. The maximum Gasteiger partial charge on any atom is 0.341 e. The molecule has 0 aliphatic carbocycles. The Morgan fingerprint density at radius 2 is 2.20 bits per heavy atom. The summed E-state index contributed by atoms with van der Waals surface area (Å²) in [5, 5.41) is 13.0. The summed E-state index contributed by atoms with van der Waals surface area (Å²) in [6.45, 7) is 3.70. The molecule has 1 aromatic carbocycles. The Labute approximate surface area is 125 Å². The average molecular weight is 339 g/mol. The van der Waals surface area contributed by atoms with Gasteiger partial charge in [-0.3, -0.25) is 0 Å². The summed E-state index contributed by atoms with van der Waals surface area (Å²) in [6, 6.07) is 9.51. The molecule has 0 saturated heterocycles. The van der Waals surface area contributed by atoms with Crippen LogP contribution in [0.5, 0.6) is 5.88 Å². The molecule has 0 fully saturated rings. The van der Waals surface area contributed by atoms with Crippen molar-refractivity contribution in [2.24, 2.45) is 0 Å². The number of nitrogens with zero attached hydrogens (tertiary/aromatic N) is 2. The highest BCUT2D eigenvalue weighted by atomic mass is 79.9. The highest BCUT2D eigenvalue weighted by Gasteiger charge is 2.14. The van der Waals surface area contributed by atoms with E-state index in [1.54, 1.807) is 10.7 Å². The molecule has 20 heavy (non-hydrogen) atoms. The van der Waals surface area contributed by atoms with Crippen molar-refractivity contribution in [3.63, 3.8) is 0 Å². The van der Waals surface area contributed by atoms with E-state index in [0.29, 0.717) is 5.88 Å². The fraction of sp³-hybridized carbons (Fsp3) is 0.286. The van der Waals surface area contributed by atoms with Gasteiger partial charge in [-0.25, -0.2) is 9.48 Å². The normalized spacial score (nSPS) is 10.8. The number of carbonyl (C=O) groups is 1. The van der Waals surface area contributed by atoms with E-state index in [1.165, 1.54) is 0 Å². The highest BCUT2D eigenvalue weighted by molar-refractivity contribution is 9.10. The molecule has 6 heteroatoms. The molecule has 0 aliphatic rings. The summed E-state index contributed by atoms with van der Waals surface area (Å²) in [4.78, 5) is 10.5. The Balaban J connectivity index is 2.38. The summed E-state index contributed by atoms with van der Waals surface area (Å²) in [7, 11) is 0. The van der Waals surface area contributed by atoms with Gasteiger partial charge >= 0.3 is 5.97 Å². The minimum Gasteiger partial charge on any atom is -0.479 e. The molecule has 1 heterocycles. The lowest BCUT2D eigenvalue weighted by molar-refractivity contribution is -0.139. The van der Waals surface area contributed by atoms with Gasteiger partial charge in [-0.05, 0) is 24.1 Å². The molecule has 0 bridgehead atoms. The van der Waals surface area contributed by atoms with Gasteiger partial charge in [0, 0.05) is 10.5 Å². The number of aliphatic carboxylic acids is 1. The molecule has 2 rings (SSSR count). The monoisotopic (exact) mass is 338 g/mol. The van der Waals surface area contributed by atoms with E-state index in [0.717, 1.165) is 15.9 Å². The number of aromatic nitrogens is 2. The van der Waals surface area contributed by atoms with E-state index < -0.39 is 12.6 Å². The van der Waals surface area contributed by atoms with E-state index >= 15 is 0 Å². The van der Waals surface area contributed by atoms with E-state index in [-0.39, 0.29) is 5.92 Å². The second-order valence-corrected chi connectivity index (χ2v) is 5.55. The first kappa shape index (κ1) is 14.6. The minimum atomic E-state index is -1.02. The number of carboxylic acids is 1. The first-order valence-electron chi connectivity index (χ1n) is 6.18. The zero-order valence-electron chi connectivity index (χ0n) is 11.2. The van der Waals surface area contributed by atoms with Crippen LogP contribution in [0.3, 0.4) is 0 Å². The van der Waals surface area contributed by atoms with Crippen LogP contribution in [0.1, 0.15) is 25.5 Å². The number of rotatable bonds is 5. The number of hydrogen-bond donors (Lipinski definition) is 1. The van der Waals surface area contributed by atoms with E-state index in [9.17, 15) is 4.79 Å². The van der Waals surface area contributed by atoms with Crippen molar-refractivity contribution < 1.29 is 14.6 Å². The highest BCUT2D eigenvalue weighted by Crippen LogP contribution is 2.25. The van der Waals surface area contributed by atoms with Crippen LogP contribution in [0, 0.1) is 0 Å². The van der Waals surface area contributed by atoms with Crippen molar-refractivity contribution >= 4 is 21.9 Å². The lowest BCUT2D eigenvalue weighted by Crippen LogP contribution is -2.10. The predicted molar refractivity (Wildman–Crippen MR) is 78.5 cm³/mol. The Bertz CT molecular complexity index is 623. The Kier molecular flexibility index (Phi) is 4.44. The molecule has 0 saturated carbocycles. The van der Waals surface area contributed by atoms with Crippen LogP contribution >= 0.6 is 15.9 Å². The summed E-state index contributed by atoms with van der Waals surface area (Å²) in [6.07, 6.45) is 0. The lowest BCUT2D eigenvalue weighted by atomic mass is 10.1. The zero-order chi connectivity index (χ0) is 14.7. The second kappa shape index (κ2) is 6.09. The summed E-state index contributed by atoms with van der Waals surface area (Å²) in [5.41, 5.74) is 1.86. The van der Waals surface area contributed by atoms with Gasteiger partial charge in [0.2, 0.25) is 5.88 Å². The third-order valence-electron chi connectivity index (χ3n) is 2.70. The Hall–Kier alpha value is -1.82. The van der Waals surface area contributed by atoms with Gasteiger partial charge in [-0.1, -0.05) is 35.8 Å². The molecule has 106 valence electrons. The van der Waals surface area contributed by atoms with Gasteiger partial charge in [0.25, 0.3) is 0 Å². The number of hydrogen-bond acceptors (Lipinski definition) is 3. The molecule has 5 nitrogen and oxygen atoms in total. The molecule has 0 spiro atoms. The van der Waals surface area contributed by atoms with Gasteiger partial charge in [0.05, 0.1) is 11.4 Å². The van der Waals surface area contributed by atoms with Gasteiger partial charge in [-0.15, -0.1) is 5.10 Å². The fourth-order valence-electron chi connectivity index (χ4n) is 1.80. The van der Waals surface area contributed by atoms with E-state index in [1.807, 2.05) is 38.1 Å². The van der Waals surface area contributed by atoms with E-state index in [2.05, 4.69) is 21.0 Å². The van der Waals surface area contributed by atoms with Gasteiger partial charge in [0.15, 0.2) is 6.61 Å². The first-order valence-corrected chi connectivity index (χ1v) is 6.97. The van der Waals surface area contributed by atoms with Crippen molar-refractivity contribution in [2.45, 2.75) is 19.8 Å². The predicted octanol–water partition coefficient (Wildman–Crippen LogP) is 3.22. The van der Waals surface area contributed by atoms with Crippen LogP contribution in [0.4, 0.5) is 0 Å². The molecule has 2 aromatic rings. The van der Waals surface area contributed by atoms with Crippen LogP contribution in [0.2, 0.25) is 0 Å². The molecular formula is C14H15BrN2O3. The van der Waals surface area contributed by atoms with Crippen LogP contribution in [0.15, 0.2) is 34.8 Å². The van der Waals surface area contributed by atoms with Gasteiger partial charge in [0.1, 0.15) is 0 Å². The lowest BCUT2D eigenvalue weighted by Gasteiger charge is -2.09. The average Bonchev–Trinajstić information content (AvgIpc) is 2.80. The second-order valence-electron chi connectivity index (χ2n) is 4.64. The molecule has 0 amide bonds. The van der Waals surface area contributed by atoms with Crippen LogP contribution in [-0.4, -0.2) is 27.5 Å². The van der Waals surface area contributed by atoms with Crippen molar-refractivity contribution in [2.75, 3.05) is 6.61 Å². The molecule has 1 aromatic heterocycles. The van der Waals surface area contributed by atoms with Crippen LogP contribution in [0.25, 0.3) is 5.69 Å². The van der Waals surface area contributed by atoms with Crippen molar-refractivity contribution in [3.8, 4) is 11.6 Å². The van der Waals surface area contributed by atoms with Crippen molar-refractivity contribution in [1.82, 2.24) is 9.78 Å². The maximum atomic E-state index is 10.5. The zero-order valence-corrected chi connectivity index (χ0v) is 12.8.